The van der Waals surface area contributed by atoms with Crippen LogP contribution in [0.15, 0.2) is 48.3 Å². The predicted molar refractivity (Wildman–Crippen MR) is 98.3 cm³/mol. The Bertz CT molecular complexity index is 572. The van der Waals surface area contributed by atoms with E-state index in [1.54, 1.807) is 0 Å². The maximum absolute atomic E-state index is 10.6. The summed E-state index contributed by atoms with van der Waals surface area (Å²) in [7, 11) is 0. The first-order valence-corrected chi connectivity index (χ1v) is 9.07. The monoisotopic (exact) mass is 344 g/mol. The Balaban J connectivity index is 1.50. The minimum absolute atomic E-state index is 0.188. The van der Waals surface area contributed by atoms with Crippen LogP contribution in [-0.2, 0) is 20.7 Å². The zero-order chi connectivity index (χ0) is 17.7. The number of carbonyl (C=O) groups excluding carboxylic acids is 1. The number of esters is 1. The Hall–Kier alpha value is -2.23. The van der Waals surface area contributed by atoms with Crippen molar-refractivity contribution >= 4 is 5.97 Å². The lowest BCUT2D eigenvalue weighted by Gasteiger charge is -2.09. The zero-order valence-corrected chi connectivity index (χ0v) is 15.0. The van der Waals surface area contributed by atoms with Gasteiger partial charge in [-0.25, -0.2) is 0 Å². The molecular formula is C21H28O4. The molecule has 0 heterocycles. The highest BCUT2D eigenvalue weighted by molar-refractivity contribution is 5.65. The van der Waals surface area contributed by atoms with Crippen LogP contribution in [-0.4, -0.2) is 19.4 Å². The second-order valence-electron chi connectivity index (χ2n) is 6.17. The molecule has 0 N–H and O–H groups in total. The fourth-order valence-electron chi connectivity index (χ4n) is 2.64. The molecule has 0 unspecified atom stereocenters. The van der Waals surface area contributed by atoms with Gasteiger partial charge in [-0.05, 0) is 43.0 Å². The smallest absolute Gasteiger partial charge is 0.302 e. The Morgan fingerprint density at radius 1 is 1.00 bits per heavy atom. The second kappa shape index (κ2) is 11.3. The predicted octanol–water partition coefficient (Wildman–Crippen LogP) is 4.94. The lowest BCUT2D eigenvalue weighted by molar-refractivity contribution is -0.141. The number of benzene rings is 1. The lowest BCUT2D eigenvalue weighted by atomic mass is 10.1. The first kappa shape index (κ1) is 19.1. The van der Waals surface area contributed by atoms with Crippen LogP contribution in [0.2, 0.25) is 0 Å². The van der Waals surface area contributed by atoms with E-state index >= 15 is 0 Å². The average molecular weight is 344 g/mol. The molecule has 0 aliphatic heterocycles. The van der Waals surface area contributed by atoms with E-state index in [4.69, 9.17) is 14.2 Å². The number of unbranched alkanes of at least 4 members (excludes halogenated alkanes) is 4. The van der Waals surface area contributed by atoms with Gasteiger partial charge in [0.05, 0.1) is 6.61 Å². The zero-order valence-electron chi connectivity index (χ0n) is 15.0. The van der Waals surface area contributed by atoms with E-state index in [1.165, 1.54) is 31.7 Å². The summed E-state index contributed by atoms with van der Waals surface area (Å²) in [4.78, 5) is 10.6. The van der Waals surface area contributed by atoms with Crippen LogP contribution in [0.1, 0.15) is 51.0 Å². The third kappa shape index (κ3) is 8.43. The number of hydrogen-bond donors (Lipinski definition) is 0. The van der Waals surface area contributed by atoms with Crippen molar-refractivity contribution in [1.29, 1.82) is 0 Å². The van der Waals surface area contributed by atoms with Gasteiger partial charge in [-0.3, -0.25) is 4.79 Å². The SMILES string of the molecule is CC(=O)OCCCCCCCc1ccc(OCOC2=CC=CC2)cc1. The molecule has 0 saturated heterocycles. The molecule has 136 valence electrons. The molecule has 0 amide bonds. The van der Waals surface area contributed by atoms with Gasteiger partial charge in [-0.1, -0.05) is 43.5 Å². The molecule has 0 aromatic heterocycles. The van der Waals surface area contributed by atoms with Gasteiger partial charge in [0.15, 0.2) is 0 Å². The third-order valence-electron chi connectivity index (χ3n) is 4.05. The first-order valence-electron chi connectivity index (χ1n) is 9.07. The summed E-state index contributed by atoms with van der Waals surface area (Å²) in [6.07, 6.45) is 13.6. The van der Waals surface area contributed by atoms with Crippen molar-refractivity contribution in [3.05, 3.63) is 53.8 Å². The van der Waals surface area contributed by atoms with E-state index in [0.29, 0.717) is 6.61 Å². The molecule has 2 rings (SSSR count). The number of allylic oxidation sites excluding steroid dienone is 3. The quantitative estimate of drug-likeness (QED) is 0.306. The van der Waals surface area contributed by atoms with Crippen molar-refractivity contribution in [2.45, 2.75) is 51.9 Å². The Kier molecular flexibility index (Phi) is 8.67. The fraction of sp³-hybridized carbons (Fsp3) is 0.476. The van der Waals surface area contributed by atoms with Gasteiger partial charge in [0.1, 0.15) is 11.5 Å². The van der Waals surface area contributed by atoms with Crippen LogP contribution in [0.5, 0.6) is 5.75 Å². The molecule has 0 fully saturated rings. The van der Waals surface area contributed by atoms with Crippen molar-refractivity contribution in [3.63, 3.8) is 0 Å². The second-order valence-corrected chi connectivity index (χ2v) is 6.17. The molecule has 0 bridgehead atoms. The van der Waals surface area contributed by atoms with E-state index in [1.807, 2.05) is 24.3 Å². The topological polar surface area (TPSA) is 44.8 Å². The van der Waals surface area contributed by atoms with Crippen molar-refractivity contribution in [2.24, 2.45) is 0 Å². The van der Waals surface area contributed by atoms with Gasteiger partial charge in [0.2, 0.25) is 6.79 Å². The van der Waals surface area contributed by atoms with E-state index in [9.17, 15) is 4.79 Å². The van der Waals surface area contributed by atoms with E-state index in [2.05, 4.69) is 18.2 Å². The molecule has 4 nitrogen and oxygen atoms in total. The molecule has 1 aromatic carbocycles. The van der Waals surface area contributed by atoms with Crippen LogP contribution in [0, 0.1) is 0 Å². The van der Waals surface area contributed by atoms with Crippen LogP contribution in [0.3, 0.4) is 0 Å². The number of carbonyl (C=O) groups is 1. The molecule has 1 aliphatic carbocycles. The van der Waals surface area contributed by atoms with Crippen molar-refractivity contribution in [1.82, 2.24) is 0 Å². The number of ether oxygens (including phenoxy) is 3. The summed E-state index contributed by atoms with van der Waals surface area (Å²) in [5.41, 5.74) is 1.33. The Morgan fingerprint density at radius 2 is 1.76 bits per heavy atom. The standard InChI is InChI=1S/C21H28O4/c1-18(22)23-16-8-4-2-3-5-9-19-12-14-21(15-13-19)25-17-24-20-10-6-7-11-20/h6-7,10,12-15H,2-5,8-9,11,16-17H2,1H3. The Morgan fingerprint density at radius 3 is 2.48 bits per heavy atom. The number of hydrogen-bond acceptors (Lipinski definition) is 4. The molecular weight excluding hydrogens is 316 g/mol. The van der Waals surface area contributed by atoms with Crippen molar-refractivity contribution in [2.75, 3.05) is 13.4 Å². The maximum atomic E-state index is 10.6. The van der Waals surface area contributed by atoms with Gasteiger partial charge in [-0.15, -0.1) is 0 Å². The minimum Gasteiger partial charge on any atom is -0.466 e. The van der Waals surface area contributed by atoms with Crippen molar-refractivity contribution in [3.8, 4) is 5.75 Å². The summed E-state index contributed by atoms with van der Waals surface area (Å²) >= 11 is 0. The largest absolute Gasteiger partial charge is 0.466 e. The molecule has 4 heteroatoms. The molecule has 0 radical (unpaired) electrons. The summed E-state index contributed by atoms with van der Waals surface area (Å²) < 4.78 is 16.0. The summed E-state index contributed by atoms with van der Waals surface area (Å²) in [5, 5.41) is 0. The van der Waals surface area contributed by atoms with Gasteiger partial charge >= 0.3 is 5.97 Å². The van der Waals surface area contributed by atoms with Crippen LogP contribution < -0.4 is 4.74 Å². The normalized spacial score (nSPS) is 12.8. The number of rotatable bonds is 12. The average Bonchev–Trinajstić information content (AvgIpc) is 3.12. The highest BCUT2D eigenvalue weighted by atomic mass is 16.7. The third-order valence-corrected chi connectivity index (χ3v) is 4.05. The van der Waals surface area contributed by atoms with Gasteiger partial charge in [0.25, 0.3) is 0 Å². The van der Waals surface area contributed by atoms with Crippen molar-refractivity contribution < 1.29 is 19.0 Å². The van der Waals surface area contributed by atoms with Gasteiger partial charge in [0, 0.05) is 13.3 Å². The van der Waals surface area contributed by atoms with Gasteiger partial charge < -0.3 is 14.2 Å². The van der Waals surface area contributed by atoms with Crippen LogP contribution >= 0.6 is 0 Å². The summed E-state index contributed by atoms with van der Waals surface area (Å²) in [5.74, 6) is 1.59. The molecule has 0 atom stereocenters. The molecule has 1 aromatic rings. The van der Waals surface area contributed by atoms with E-state index < -0.39 is 0 Å². The van der Waals surface area contributed by atoms with Gasteiger partial charge in [-0.2, -0.15) is 0 Å². The molecule has 25 heavy (non-hydrogen) atoms. The highest BCUT2D eigenvalue weighted by Gasteiger charge is 2.01. The Labute approximate surface area is 150 Å². The molecule has 0 saturated carbocycles. The molecule has 0 spiro atoms. The maximum Gasteiger partial charge on any atom is 0.302 e. The first-order chi connectivity index (χ1) is 12.2. The number of aryl methyl sites for hydroxylation is 1. The van der Waals surface area contributed by atoms with E-state index in [0.717, 1.165) is 37.2 Å². The van der Waals surface area contributed by atoms with E-state index in [-0.39, 0.29) is 12.8 Å². The summed E-state index contributed by atoms with van der Waals surface area (Å²) in [6, 6.07) is 8.23. The van der Waals surface area contributed by atoms with Crippen LogP contribution in [0.4, 0.5) is 0 Å². The minimum atomic E-state index is -0.188. The van der Waals surface area contributed by atoms with Crippen LogP contribution in [0.25, 0.3) is 0 Å². The molecule has 1 aliphatic rings. The fourth-order valence-corrected chi connectivity index (χ4v) is 2.64. The highest BCUT2D eigenvalue weighted by Crippen LogP contribution is 2.16. The lowest BCUT2D eigenvalue weighted by Crippen LogP contribution is -2.02. The summed E-state index contributed by atoms with van der Waals surface area (Å²) in [6.45, 7) is 2.25.